The Balaban J connectivity index is 0. The number of carbonyl (C=O) groups is 1. The van der Waals surface area contributed by atoms with Crippen molar-refractivity contribution in [2.24, 2.45) is 5.73 Å². The number of carbonyl (C=O) groups excluding carboxylic acids is 1. The van der Waals surface area contributed by atoms with Crippen LogP contribution in [0.4, 0.5) is 0 Å². The predicted molar refractivity (Wildman–Crippen MR) is 53.3 cm³/mol. The molecule has 0 aliphatic heterocycles. The van der Waals surface area contributed by atoms with Crippen LogP contribution in [0.25, 0.3) is 0 Å². The van der Waals surface area contributed by atoms with E-state index in [1.54, 1.807) is 0 Å². The minimum absolute atomic E-state index is 0.248. The maximum atomic E-state index is 10.0. The Morgan fingerprint density at radius 1 is 1.12 bits per heavy atom. The molecule has 0 aromatic rings. The molecule has 0 saturated carbocycles. The summed E-state index contributed by atoms with van der Waals surface area (Å²) >= 11 is 0. The van der Waals surface area contributed by atoms with Crippen LogP contribution in [-0.4, -0.2) is 75.2 Å². The first-order valence-electron chi connectivity index (χ1n) is 4.10. The average molecular weight is 277 g/mol. The van der Waals surface area contributed by atoms with Crippen LogP contribution in [0.1, 0.15) is 0 Å². The lowest BCUT2D eigenvalue weighted by molar-refractivity contribution is -0.118. The number of nitrogens with two attached hydrogens (primary N) is 1. The zero-order chi connectivity index (χ0) is 14.2. The van der Waals surface area contributed by atoms with Gasteiger partial charge in [-0.15, -0.1) is 0 Å². The van der Waals surface area contributed by atoms with Crippen LogP contribution < -0.4 is 5.73 Å². The molecular formula is C6H15NO9S. The molecule has 0 rings (SSSR count). The molecule has 0 aliphatic rings. The zero-order valence-electron chi connectivity index (χ0n) is 8.49. The molecule has 0 aromatic carbocycles. The monoisotopic (exact) mass is 277 g/mol. The average Bonchev–Trinajstić information content (AvgIpc) is 2.22. The maximum absolute atomic E-state index is 10.0. The van der Waals surface area contributed by atoms with Crippen molar-refractivity contribution >= 4 is 16.7 Å². The number of rotatable bonds is 5. The minimum atomic E-state index is -4.67. The first-order valence-corrected chi connectivity index (χ1v) is 5.50. The summed E-state index contributed by atoms with van der Waals surface area (Å²) in [4.78, 5) is 10.0. The standard InChI is InChI=1S/C6H13NO5.H2O4S/c7-3(1-8)5(11)6(12)4(10)2-9;1-5(2,3)4/h1,3-6,9-12H,2,7H2;(H2,1,2,3,4)/t3-,4-,5-,6-;/m1./s1. The number of aldehydes is 1. The summed E-state index contributed by atoms with van der Waals surface area (Å²) in [6.07, 6.45) is -4.43. The molecular weight excluding hydrogens is 262 g/mol. The second-order valence-corrected chi connectivity index (χ2v) is 3.79. The Kier molecular flexibility index (Phi) is 9.28. The van der Waals surface area contributed by atoms with E-state index in [-0.39, 0.29) is 6.29 Å². The molecule has 4 atom stereocenters. The van der Waals surface area contributed by atoms with Crippen LogP contribution in [0.3, 0.4) is 0 Å². The fourth-order valence-corrected chi connectivity index (χ4v) is 0.644. The molecule has 0 aliphatic carbocycles. The molecule has 10 nitrogen and oxygen atoms in total. The van der Waals surface area contributed by atoms with Gasteiger partial charge in [-0.3, -0.25) is 9.11 Å². The molecule has 0 bridgehead atoms. The van der Waals surface area contributed by atoms with Crippen molar-refractivity contribution in [1.82, 2.24) is 0 Å². The predicted octanol–water partition coefficient (Wildman–Crippen LogP) is -4.07. The number of aliphatic hydroxyl groups excluding tert-OH is 4. The van der Waals surface area contributed by atoms with Gasteiger partial charge in [-0.2, -0.15) is 8.42 Å². The third kappa shape index (κ3) is 11.6. The van der Waals surface area contributed by atoms with E-state index in [1.807, 2.05) is 0 Å². The van der Waals surface area contributed by atoms with Gasteiger partial charge in [0.2, 0.25) is 0 Å². The smallest absolute Gasteiger partial charge is 0.394 e. The summed E-state index contributed by atoms with van der Waals surface area (Å²) < 4.78 is 31.6. The Morgan fingerprint density at radius 3 is 1.71 bits per heavy atom. The summed E-state index contributed by atoms with van der Waals surface area (Å²) in [5.41, 5.74) is 5.04. The lowest BCUT2D eigenvalue weighted by Crippen LogP contribution is -2.49. The lowest BCUT2D eigenvalue weighted by Gasteiger charge is -2.23. The van der Waals surface area contributed by atoms with Crippen molar-refractivity contribution in [3.8, 4) is 0 Å². The second kappa shape index (κ2) is 8.43. The molecule has 0 unspecified atom stereocenters. The number of hydrogen-bond acceptors (Lipinski definition) is 8. The molecule has 0 aromatic heterocycles. The third-order valence-corrected chi connectivity index (χ3v) is 1.48. The summed E-state index contributed by atoms with van der Waals surface area (Å²) in [7, 11) is -4.67. The molecule has 8 N–H and O–H groups in total. The van der Waals surface area contributed by atoms with Crippen molar-refractivity contribution in [2.75, 3.05) is 6.61 Å². The van der Waals surface area contributed by atoms with E-state index in [2.05, 4.69) is 0 Å². The highest BCUT2D eigenvalue weighted by atomic mass is 32.3. The van der Waals surface area contributed by atoms with Crippen LogP contribution in [-0.2, 0) is 15.2 Å². The number of hydrogen-bond donors (Lipinski definition) is 7. The highest BCUT2D eigenvalue weighted by Gasteiger charge is 2.28. The molecule has 11 heteroatoms. The van der Waals surface area contributed by atoms with E-state index in [1.165, 1.54) is 0 Å². The van der Waals surface area contributed by atoms with Crippen LogP contribution in [0.5, 0.6) is 0 Å². The van der Waals surface area contributed by atoms with E-state index >= 15 is 0 Å². The third-order valence-electron chi connectivity index (χ3n) is 1.48. The lowest BCUT2D eigenvalue weighted by atomic mass is 10.0. The van der Waals surface area contributed by atoms with Gasteiger partial charge in [0, 0.05) is 0 Å². The Morgan fingerprint density at radius 2 is 1.47 bits per heavy atom. The summed E-state index contributed by atoms with van der Waals surface area (Å²) in [5, 5.41) is 35.2. The summed E-state index contributed by atoms with van der Waals surface area (Å²) in [5.74, 6) is 0. The molecule has 0 fully saturated rings. The SMILES string of the molecule is N[C@H](C=O)[C@@H](O)[C@H](O)[C@H](O)CO.O=S(=O)(O)O. The van der Waals surface area contributed by atoms with Gasteiger partial charge in [0.1, 0.15) is 24.6 Å². The minimum Gasteiger partial charge on any atom is -0.394 e. The van der Waals surface area contributed by atoms with Gasteiger partial charge >= 0.3 is 10.4 Å². The molecule has 0 radical (unpaired) electrons. The van der Waals surface area contributed by atoms with E-state index in [0.29, 0.717) is 0 Å². The van der Waals surface area contributed by atoms with Crippen molar-refractivity contribution in [2.45, 2.75) is 24.4 Å². The summed E-state index contributed by atoms with van der Waals surface area (Å²) in [6.45, 7) is -0.705. The van der Waals surface area contributed by atoms with Crippen LogP contribution in [0.2, 0.25) is 0 Å². The van der Waals surface area contributed by atoms with Gasteiger partial charge in [-0.1, -0.05) is 0 Å². The largest absolute Gasteiger partial charge is 0.394 e. The zero-order valence-corrected chi connectivity index (χ0v) is 9.30. The van der Waals surface area contributed by atoms with Gasteiger partial charge in [-0.05, 0) is 0 Å². The normalized spacial score (nSPS) is 18.3. The molecule has 104 valence electrons. The topological polar surface area (TPSA) is 199 Å². The highest BCUT2D eigenvalue weighted by molar-refractivity contribution is 7.79. The first-order chi connectivity index (χ1) is 7.54. The van der Waals surface area contributed by atoms with E-state index in [0.717, 1.165) is 0 Å². The molecule has 0 amide bonds. The van der Waals surface area contributed by atoms with Gasteiger partial charge < -0.3 is 31.0 Å². The number of aliphatic hydroxyl groups is 4. The van der Waals surface area contributed by atoms with Crippen molar-refractivity contribution in [3.05, 3.63) is 0 Å². The molecule has 0 saturated heterocycles. The van der Waals surface area contributed by atoms with Crippen molar-refractivity contribution < 1.29 is 42.7 Å². The van der Waals surface area contributed by atoms with Crippen molar-refractivity contribution in [1.29, 1.82) is 0 Å². The van der Waals surface area contributed by atoms with Gasteiger partial charge in [0.15, 0.2) is 0 Å². The maximum Gasteiger partial charge on any atom is 0.394 e. The Hall–Kier alpha value is -0.660. The molecule has 0 spiro atoms. The van der Waals surface area contributed by atoms with Crippen LogP contribution in [0, 0.1) is 0 Å². The quantitative estimate of drug-likeness (QED) is 0.191. The molecule has 0 heterocycles. The Bertz CT molecular complexity index is 297. The fraction of sp³-hybridized carbons (Fsp3) is 0.833. The van der Waals surface area contributed by atoms with E-state index in [9.17, 15) is 4.79 Å². The van der Waals surface area contributed by atoms with E-state index in [4.69, 9.17) is 43.7 Å². The van der Waals surface area contributed by atoms with Gasteiger partial charge in [0.05, 0.1) is 12.6 Å². The molecule has 17 heavy (non-hydrogen) atoms. The van der Waals surface area contributed by atoms with Gasteiger partial charge in [-0.25, -0.2) is 0 Å². The first kappa shape index (κ1) is 18.7. The second-order valence-electron chi connectivity index (χ2n) is 2.89. The summed E-state index contributed by atoms with van der Waals surface area (Å²) in [6, 6.07) is -1.26. The van der Waals surface area contributed by atoms with Crippen LogP contribution in [0.15, 0.2) is 0 Å². The van der Waals surface area contributed by atoms with Gasteiger partial charge in [0.25, 0.3) is 0 Å². The highest BCUT2D eigenvalue weighted by Crippen LogP contribution is 2.01. The fourth-order valence-electron chi connectivity index (χ4n) is 0.644. The van der Waals surface area contributed by atoms with Crippen LogP contribution >= 0.6 is 0 Å². The van der Waals surface area contributed by atoms with Crippen molar-refractivity contribution in [3.63, 3.8) is 0 Å². The van der Waals surface area contributed by atoms with E-state index < -0.39 is 41.4 Å². The Labute approximate surface area is 96.9 Å².